The lowest BCUT2D eigenvalue weighted by atomic mass is 10.2. The highest BCUT2D eigenvalue weighted by Gasteiger charge is 2.26. The molecule has 1 aliphatic heterocycles. The normalized spacial score (nSPS) is 14.3. The number of fused-ring (bicyclic) bond motifs is 1. The fourth-order valence-corrected chi connectivity index (χ4v) is 3.18. The van der Waals surface area contributed by atoms with Crippen LogP contribution in [-0.2, 0) is 4.74 Å². The molecule has 2 amide bonds. The number of carbonyl (C=O) groups is 2. The maximum Gasteiger partial charge on any atom is 0.292 e. The fraction of sp³-hybridized carbons (Fsp3) is 0.250. The number of nitrogens with zero attached hydrogens (tertiary/aromatic N) is 3. The molecule has 0 saturated carbocycles. The second-order valence-corrected chi connectivity index (χ2v) is 6.47. The third-order valence-corrected chi connectivity index (χ3v) is 4.53. The molecule has 3 heterocycles. The monoisotopic (exact) mass is 364 g/mol. The van der Waals surface area contributed by atoms with Gasteiger partial charge in [-0.3, -0.25) is 14.0 Å². The lowest BCUT2D eigenvalue weighted by molar-refractivity contribution is 0.0300. The van der Waals surface area contributed by atoms with Gasteiger partial charge in [-0.25, -0.2) is 4.98 Å². The Morgan fingerprint density at radius 1 is 1.11 bits per heavy atom. The average Bonchev–Trinajstić information content (AvgIpc) is 3.08. The summed E-state index contributed by atoms with van der Waals surface area (Å²) in [6, 6.07) is 13.0. The van der Waals surface area contributed by atoms with E-state index in [2.05, 4.69) is 10.3 Å². The van der Waals surface area contributed by atoms with E-state index in [0.29, 0.717) is 37.5 Å². The molecule has 1 N–H and O–H groups in total. The van der Waals surface area contributed by atoms with Crippen molar-refractivity contribution in [1.29, 1.82) is 0 Å². The van der Waals surface area contributed by atoms with Gasteiger partial charge in [0, 0.05) is 25.0 Å². The van der Waals surface area contributed by atoms with Gasteiger partial charge < -0.3 is 15.0 Å². The summed E-state index contributed by atoms with van der Waals surface area (Å²) in [4.78, 5) is 31.8. The lowest BCUT2D eigenvalue weighted by Gasteiger charge is -2.26. The standard InChI is InChI=1S/C20H20N4O3/c1-14-5-4-6-15(13-14)21-19(25)18-22-17(16-7-2-3-8-24(16)18)20(26)23-9-11-27-12-10-23/h2-8,13H,9-12H2,1H3,(H,21,25). The number of aromatic nitrogens is 2. The highest BCUT2D eigenvalue weighted by molar-refractivity contribution is 6.06. The van der Waals surface area contributed by atoms with E-state index in [0.717, 1.165) is 5.56 Å². The highest BCUT2D eigenvalue weighted by atomic mass is 16.5. The van der Waals surface area contributed by atoms with Gasteiger partial charge in [-0.05, 0) is 36.8 Å². The quantitative estimate of drug-likeness (QED) is 0.774. The molecule has 0 atom stereocenters. The van der Waals surface area contributed by atoms with E-state index >= 15 is 0 Å². The molecule has 0 bridgehead atoms. The van der Waals surface area contributed by atoms with Crippen molar-refractivity contribution in [2.75, 3.05) is 31.6 Å². The van der Waals surface area contributed by atoms with Crippen LogP contribution in [0.5, 0.6) is 0 Å². The summed E-state index contributed by atoms with van der Waals surface area (Å²) in [5.41, 5.74) is 2.63. The van der Waals surface area contributed by atoms with Gasteiger partial charge >= 0.3 is 0 Å². The molecule has 4 rings (SSSR count). The first-order valence-electron chi connectivity index (χ1n) is 8.85. The number of imidazole rings is 1. The number of benzene rings is 1. The summed E-state index contributed by atoms with van der Waals surface area (Å²) in [7, 11) is 0. The van der Waals surface area contributed by atoms with Crippen LogP contribution in [0, 0.1) is 6.92 Å². The molecule has 1 aromatic carbocycles. The summed E-state index contributed by atoms with van der Waals surface area (Å²) in [6.45, 7) is 4.03. The summed E-state index contributed by atoms with van der Waals surface area (Å²) in [6.07, 6.45) is 1.74. The number of hydrogen-bond acceptors (Lipinski definition) is 4. The third kappa shape index (κ3) is 3.41. The van der Waals surface area contributed by atoms with Crippen molar-refractivity contribution in [3.63, 3.8) is 0 Å². The van der Waals surface area contributed by atoms with E-state index in [4.69, 9.17) is 4.74 Å². The van der Waals surface area contributed by atoms with E-state index in [-0.39, 0.29) is 23.3 Å². The van der Waals surface area contributed by atoms with Gasteiger partial charge in [0.05, 0.1) is 18.7 Å². The van der Waals surface area contributed by atoms with Crippen molar-refractivity contribution in [3.05, 3.63) is 65.7 Å². The topological polar surface area (TPSA) is 75.9 Å². The second kappa shape index (κ2) is 7.20. The first kappa shape index (κ1) is 17.2. The van der Waals surface area contributed by atoms with Crippen LogP contribution in [0.15, 0.2) is 48.7 Å². The smallest absolute Gasteiger partial charge is 0.292 e. The molecule has 27 heavy (non-hydrogen) atoms. The number of morpholine rings is 1. The van der Waals surface area contributed by atoms with Crippen molar-refractivity contribution in [2.45, 2.75) is 6.92 Å². The van der Waals surface area contributed by atoms with E-state index in [1.807, 2.05) is 37.3 Å². The number of hydrogen-bond donors (Lipinski definition) is 1. The Bertz CT molecular complexity index is 1010. The van der Waals surface area contributed by atoms with Crippen LogP contribution in [0.25, 0.3) is 5.52 Å². The van der Waals surface area contributed by atoms with E-state index in [9.17, 15) is 9.59 Å². The Kier molecular flexibility index (Phi) is 4.60. The highest BCUT2D eigenvalue weighted by Crippen LogP contribution is 2.18. The zero-order chi connectivity index (χ0) is 18.8. The predicted molar refractivity (Wildman–Crippen MR) is 101 cm³/mol. The fourth-order valence-electron chi connectivity index (χ4n) is 3.18. The molecule has 7 heteroatoms. The number of amides is 2. The van der Waals surface area contributed by atoms with Crippen LogP contribution < -0.4 is 5.32 Å². The van der Waals surface area contributed by atoms with Crippen LogP contribution >= 0.6 is 0 Å². The largest absolute Gasteiger partial charge is 0.378 e. The minimum Gasteiger partial charge on any atom is -0.378 e. The number of ether oxygens (including phenoxy) is 1. The Labute approximate surface area is 156 Å². The maximum absolute atomic E-state index is 12.9. The summed E-state index contributed by atoms with van der Waals surface area (Å²) in [5.74, 6) is -0.358. The van der Waals surface area contributed by atoms with E-state index in [1.54, 1.807) is 27.6 Å². The summed E-state index contributed by atoms with van der Waals surface area (Å²) >= 11 is 0. The number of rotatable bonds is 3. The molecule has 0 spiro atoms. The Morgan fingerprint density at radius 2 is 1.93 bits per heavy atom. The van der Waals surface area contributed by atoms with Crippen LogP contribution in [0.2, 0.25) is 0 Å². The van der Waals surface area contributed by atoms with Crippen molar-refractivity contribution in [3.8, 4) is 0 Å². The number of aryl methyl sites for hydroxylation is 1. The molecule has 2 aromatic heterocycles. The van der Waals surface area contributed by atoms with E-state index in [1.165, 1.54) is 0 Å². The Hall–Kier alpha value is -3.19. The van der Waals surface area contributed by atoms with Crippen LogP contribution in [-0.4, -0.2) is 52.4 Å². The van der Waals surface area contributed by atoms with E-state index < -0.39 is 0 Å². The average molecular weight is 364 g/mol. The molecular weight excluding hydrogens is 344 g/mol. The minimum atomic E-state index is -0.358. The van der Waals surface area contributed by atoms with Crippen molar-refractivity contribution in [2.24, 2.45) is 0 Å². The van der Waals surface area contributed by atoms with Crippen molar-refractivity contribution in [1.82, 2.24) is 14.3 Å². The third-order valence-electron chi connectivity index (χ3n) is 4.53. The number of carbonyl (C=O) groups excluding carboxylic acids is 2. The molecule has 138 valence electrons. The van der Waals surface area contributed by atoms with Crippen molar-refractivity contribution < 1.29 is 14.3 Å². The number of nitrogens with one attached hydrogen (secondary N) is 1. The van der Waals surface area contributed by atoms with Crippen LogP contribution in [0.3, 0.4) is 0 Å². The second-order valence-electron chi connectivity index (χ2n) is 6.47. The zero-order valence-corrected chi connectivity index (χ0v) is 15.0. The predicted octanol–water partition coefficient (Wildman–Crippen LogP) is 2.37. The molecular formula is C20H20N4O3. The molecule has 7 nitrogen and oxygen atoms in total. The zero-order valence-electron chi connectivity index (χ0n) is 15.0. The molecule has 3 aromatic rings. The SMILES string of the molecule is Cc1cccc(NC(=O)c2nc(C(=O)N3CCOCC3)c3ccccn23)c1. The van der Waals surface area contributed by atoms with Crippen LogP contribution in [0.4, 0.5) is 5.69 Å². The molecule has 0 radical (unpaired) electrons. The van der Waals surface area contributed by atoms with Crippen molar-refractivity contribution >= 4 is 23.0 Å². The molecule has 1 aliphatic rings. The van der Waals surface area contributed by atoms with Crippen LogP contribution in [0.1, 0.15) is 26.7 Å². The Morgan fingerprint density at radius 3 is 2.70 bits per heavy atom. The molecule has 0 aliphatic carbocycles. The Balaban J connectivity index is 1.69. The number of anilines is 1. The first-order chi connectivity index (χ1) is 13.1. The molecule has 1 fully saturated rings. The first-order valence-corrected chi connectivity index (χ1v) is 8.85. The molecule has 1 saturated heterocycles. The van der Waals surface area contributed by atoms with Gasteiger partial charge in [0.2, 0.25) is 5.82 Å². The lowest BCUT2D eigenvalue weighted by Crippen LogP contribution is -2.40. The van der Waals surface area contributed by atoms with Gasteiger partial charge in [-0.1, -0.05) is 18.2 Å². The van der Waals surface area contributed by atoms with Gasteiger partial charge in [0.1, 0.15) is 0 Å². The number of pyridine rings is 1. The maximum atomic E-state index is 12.9. The summed E-state index contributed by atoms with van der Waals surface area (Å²) < 4.78 is 6.96. The molecule has 0 unspecified atom stereocenters. The van der Waals surface area contributed by atoms with Gasteiger partial charge in [-0.2, -0.15) is 0 Å². The van der Waals surface area contributed by atoms with Gasteiger partial charge in [0.15, 0.2) is 5.69 Å². The summed E-state index contributed by atoms with van der Waals surface area (Å²) in [5, 5.41) is 2.86. The van der Waals surface area contributed by atoms with Gasteiger partial charge in [0.25, 0.3) is 11.8 Å². The minimum absolute atomic E-state index is 0.184. The van der Waals surface area contributed by atoms with Gasteiger partial charge in [-0.15, -0.1) is 0 Å².